The van der Waals surface area contributed by atoms with Gasteiger partial charge in [0.25, 0.3) is 0 Å². The fraction of sp³-hybridized carbons (Fsp3) is 0.160. The normalized spacial score (nSPS) is 10.4. The minimum Gasteiger partial charge on any atom is -0.508 e. The highest BCUT2D eigenvalue weighted by Crippen LogP contribution is 2.41. The molecule has 4 aromatic rings. The van der Waals surface area contributed by atoms with Crippen molar-refractivity contribution in [2.45, 2.75) is 13.8 Å². The second-order valence-corrected chi connectivity index (χ2v) is 8.27. The molecule has 0 unspecified atom stereocenters. The Bertz CT molecular complexity index is 1160. The Hall–Kier alpha value is -2.83. The van der Waals surface area contributed by atoms with Crippen LogP contribution in [-0.4, -0.2) is 27.9 Å². The number of alkyl halides is 1. The van der Waals surface area contributed by atoms with Crippen LogP contribution in [0.1, 0.15) is 29.8 Å². The number of benzene rings is 3. The van der Waals surface area contributed by atoms with Crippen molar-refractivity contribution in [1.29, 1.82) is 0 Å². The van der Waals surface area contributed by atoms with Crippen molar-refractivity contribution in [3.8, 4) is 27.7 Å². The van der Waals surface area contributed by atoms with Crippen molar-refractivity contribution in [2.24, 2.45) is 0 Å². The first kappa shape index (κ1) is 22.8. The van der Waals surface area contributed by atoms with E-state index in [1.54, 1.807) is 66.7 Å². The molecule has 2 N–H and O–H groups in total. The number of hydrogen-bond acceptors (Lipinski definition) is 5. The molecular weight excluding hydrogens is 476 g/mol. The van der Waals surface area contributed by atoms with Crippen molar-refractivity contribution in [1.82, 2.24) is 0 Å². The molecule has 1 heterocycles. The minimum absolute atomic E-state index is 0.0999. The Morgan fingerprint density at radius 1 is 0.935 bits per heavy atom. The van der Waals surface area contributed by atoms with Crippen molar-refractivity contribution >= 4 is 43.1 Å². The van der Waals surface area contributed by atoms with Gasteiger partial charge in [-0.3, -0.25) is 4.79 Å². The standard InChI is InChI=1S/C23H17BrO4S.C2H6/c24-11-12-28-18-8-3-14(4-9-18)22(27)21-19-10-7-17(26)13-20(19)29-23(21)15-1-5-16(25)6-2-15;1-2/h1-10,13,25-26H,11-12H2;1-2H3. The molecule has 0 aliphatic rings. The summed E-state index contributed by atoms with van der Waals surface area (Å²) >= 11 is 4.76. The van der Waals surface area contributed by atoms with Gasteiger partial charge in [-0.25, -0.2) is 0 Å². The second kappa shape index (κ2) is 10.5. The molecule has 0 saturated heterocycles. The molecule has 0 bridgehead atoms. The molecule has 0 radical (unpaired) electrons. The van der Waals surface area contributed by atoms with Crippen molar-refractivity contribution in [3.63, 3.8) is 0 Å². The zero-order valence-corrected chi connectivity index (χ0v) is 19.7. The lowest BCUT2D eigenvalue weighted by Crippen LogP contribution is -2.03. The van der Waals surface area contributed by atoms with Gasteiger partial charge in [0.1, 0.15) is 17.2 Å². The molecular formula is C25H23BrO4S. The van der Waals surface area contributed by atoms with Crippen LogP contribution in [0.15, 0.2) is 66.7 Å². The number of fused-ring (bicyclic) bond motifs is 1. The van der Waals surface area contributed by atoms with Crippen molar-refractivity contribution in [3.05, 3.63) is 77.9 Å². The molecule has 1 aromatic heterocycles. The van der Waals surface area contributed by atoms with Crippen LogP contribution < -0.4 is 4.74 Å². The third kappa shape index (κ3) is 5.09. The SMILES string of the molecule is CC.O=C(c1ccc(OCCBr)cc1)c1c(-c2ccc(O)cc2)sc2cc(O)ccc12. The van der Waals surface area contributed by atoms with E-state index < -0.39 is 0 Å². The van der Waals surface area contributed by atoms with Gasteiger partial charge in [-0.15, -0.1) is 11.3 Å². The van der Waals surface area contributed by atoms with Gasteiger partial charge >= 0.3 is 0 Å². The van der Waals surface area contributed by atoms with E-state index in [2.05, 4.69) is 15.9 Å². The average Bonchev–Trinajstić information content (AvgIpc) is 3.17. The maximum Gasteiger partial charge on any atom is 0.195 e. The molecule has 4 rings (SSSR count). The van der Waals surface area contributed by atoms with E-state index in [9.17, 15) is 15.0 Å². The number of halogens is 1. The Morgan fingerprint density at radius 3 is 2.23 bits per heavy atom. The quantitative estimate of drug-likeness (QED) is 0.221. The van der Waals surface area contributed by atoms with Crippen LogP contribution in [0.3, 0.4) is 0 Å². The molecule has 3 aromatic carbocycles. The van der Waals surface area contributed by atoms with Crippen molar-refractivity contribution in [2.75, 3.05) is 11.9 Å². The lowest BCUT2D eigenvalue weighted by molar-refractivity contribution is 0.104. The number of thiophene rings is 1. The van der Waals surface area contributed by atoms with E-state index in [4.69, 9.17) is 4.74 Å². The summed E-state index contributed by atoms with van der Waals surface area (Å²) in [6.45, 7) is 4.55. The predicted molar refractivity (Wildman–Crippen MR) is 131 cm³/mol. The molecule has 0 atom stereocenters. The zero-order chi connectivity index (χ0) is 22.4. The smallest absolute Gasteiger partial charge is 0.195 e. The lowest BCUT2D eigenvalue weighted by atomic mass is 9.97. The summed E-state index contributed by atoms with van der Waals surface area (Å²) in [5, 5.41) is 21.0. The summed E-state index contributed by atoms with van der Waals surface area (Å²) in [4.78, 5) is 14.2. The maximum atomic E-state index is 13.4. The highest BCUT2D eigenvalue weighted by atomic mass is 79.9. The third-order valence-corrected chi connectivity index (χ3v) is 6.02. The van der Waals surface area contributed by atoms with Crippen LogP contribution in [0, 0.1) is 0 Å². The van der Waals surface area contributed by atoms with Gasteiger partial charge < -0.3 is 14.9 Å². The van der Waals surface area contributed by atoms with Gasteiger partial charge in [0, 0.05) is 31.4 Å². The van der Waals surface area contributed by atoms with Crippen molar-refractivity contribution < 1.29 is 19.7 Å². The summed E-state index contributed by atoms with van der Waals surface area (Å²) in [6.07, 6.45) is 0. The number of hydrogen-bond donors (Lipinski definition) is 2. The molecule has 0 saturated carbocycles. The summed E-state index contributed by atoms with van der Waals surface area (Å²) in [7, 11) is 0. The number of carbonyl (C=O) groups excluding carboxylic acids is 1. The predicted octanol–water partition coefficient (Wildman–Crippen LogP) is 7.01. The highest BCUT2D eigenvalue weighted by Gasteiger charge is 2.22. The Balaban J connectivity index is 0.00000132. The van der Waals surface area contributed by atoms with E-state index in [0.29, 0.717) is 23.5 Å². The van der Waals surface area contributed by atoms with Gasteiger partial charge in [-0.1, -0.05) is 29.8 Å². The molecule has 0 fully saturated rings. The lowest BCUT2D eigenvalue weighted by Gasteiger charge is -2.07. The Labute approximate surface area is 193 Å². The topological polar surface area (TPSA) is 66.8 Å². The van der Waals surface area contributed by atoms with E-state index in [0.717, 1.165) is 25.9 Å². The molecule has 160 valence electrons. The number of carbonyl (C=O) groups is 1. The van der Waals surface area contributed by atoms with Gasteiger partial charge in [-0.05, 0) is 72.3 Å². The number of ether oxygens (including phenoxy) is 1. The van der Waals surface area contributed by atoms with Crippen LogP contribution in [0.25, 0.3) is 20.5 Å². The van der Waals surface area contributed by atoms with E-state index in [1.807, 2.05) is 13.8 Å². The molecule has 4 nitrogen and oxygen atoms in total. The van der Waals surface area contributed by atoms with E-state index in [1.165, 1.54) is 11.3 Å². The third-order valence-electron chi connectivity index (χ3n) is 4.49. The van der Waals surface area contributed by atoms with Gasteiger partial charge in [0.15, 0.2) is 5.78 Å². The maximum absolute atomic E-state index is 13.4. The molecule has 31 heavy (non-hydrogen) atoms. The van der Waals surface area contributed by atoms with Gasteiger partial charge in [0.2, 0.25) is 0 Å². The first-order valence-electron chi connectivity index (χ1n) is 9.95. The Morgan fingerprint density at radius 2 is 1.58 bits per heavy atom. The summed E-state index contributed by atoms with van der Waals surface area (Å²) in [5.41, 5.74) is 1.98. The van der Waals surface area contributed by atoms with E-state index >= 15 is 0 Å². The first-order valence-corrected chi connectivity index (χ1v) is 11.9. The first-order chi connectivity index (χ1) is 15.1. The van der Waals surface area contributed by atoms with Crippen LogP contribution in [-0.2, 0) is 0 Å². The minimum atomic E-state index is -0.0999. The number of rotatable bonds is 6. The fourth-order valence-electron chi connectivity index (χ4n) is 3.13. The summed E-state index contributed by atoms with van der Waals surface area (Å²) in [6, 6.07) is 18.9. The number of aromatic hydroxyl groups is 2. The average molecular weight is 499 g/mol. The molecule has 0 spiro atoms. The van der Waals surface area contributed by atoms with Gasteiger partial charge in [-0.2, -0.15) is 0 Å². The second-order valence-electron chi connectivity index (χ2n) is 6.42. The van der Waals surface area contributed by atoms with Crippen LogP contribution >= 0.6 is 27.3 Å². The summed E-state index contributed by atoms with van der Waals surface area (Å²) in [5.74, 6) is 0.930. The number of phenols is 2. The monoisotopic (exact) mass is 498 g/mol. The van der Waals surface area contributed by atoms with Crippen LogP contribution in [0.5, 0.6) is 17.2 Å². The molecule has 0 aliphatic heterocycles. The van der Waals surface area contributed by atoms with E-state index in [-0.39, 0.29) is 17.3 Å². The molecule has 6 heteroatoms. The van der Waals surface area contributed by atoms with Crippen LogP contribution in [0.4, 0.5) is 0 Å². The highest BCUT2D eigenvalue weighted by molar-refractivity contribution is 9.09. The van der Waals surface area contributed by atoms with Gasteiger partial charge in [0.05, 0.1) is 6.61 Å². The molecule has 0 amide bonds. The zero-order valence-electron chi connectivity index (χ0n) is 17.3. The molecule has 0 aliphatic carbocycles. The fourth-order valence-corrected chi connectivity index (χ4v) is 4.53. The number of ketones is 1. The Kier molecular flexibility index (Phi) is 7.71. The number of phenolic OH excluding ortho intramolecular Hbond substituents is 2. The van der Waals surface area contributed by atoms with Crippen LogP contribution in [0.2, 0.25) is 0 Å². The largest absolute Gasteiger partial charge is 0.508 e. The summed E-state index contributed by atoms with van der Waals surface area (Å²) < 4.78 is 6.39.